The lowest BCUT2D eigenvalue weighted by Gasteiger charge is -2.36. The first-order chi connectivity index (χ1) is 12.3. The topological polar surface area (TPSA) is 48.7 Å². The molecule has 4 heterocycles. The van der Waals surface area contributed by atoms with Crippen molar-refractivity contribution in [1.29, 1.82) is 0 Å². The summed E-state index contributed by atoms with van der Waals surface area (Å²) < 4.78 is 2.31. The van der Waals surface area contributed by atoms with Gasteiger partial charge in [-0.2, -0.15) is 0 Å². The van der Waals surface area contributed by atoms with Crippen LogP contribution in [0.5, 0.6) is 0 Å². The summed E-state index contributed by atoms with van der Waals surface area (Å²) >= 11 is 1.82. The third-order valence-corrected chi connectivity index (χ3v) is 5.92. The number of anilines is 1. The lowest BCUT2D eigenvalue weighted by molar-refractivity contribution is 0.373. The van der Waals surface area contributed by atoms with Crippen LogP contribution in [0.15, 0.2) is 28.7 Å². The Labute approximate surface area is 176 Å². The predicted molar refractivity (Wildman–Crippen MR) is 119 cm³/mol. The van der Waals surface area contributed by atoms with E-state index in [4.69, 9.17) is 4.98 Å². The van der Waals surface area contributed by atoms with Gasteiger partial charge in [0.2, 0.25) is 0 Å². The number of nitrogens with one attached hydrogen (secondary N) is 1. The van der Waals surface area contributed by atoms with Gasteiger partial charge in [-0.3, -0.25) is 4.99 Å². The second kappa shape index (κ2) is 9.07. The van der Waals surface area contributed by atoms with Gasteiger partial charge in [-0.25, -0.2) is 4.98 Å². The van der Waals surface area contributed by atoms with Crippen LogP contribution in [0.1, 0.15) is 24.4 Å². The van der Waals surface area contributed by atoms with Gasteiger partial charge in [0, 0.05) is 52.4 Å². The minimum Gasteiger partial charge on any atom is -0.360 e. The molecular weight excluding hydrogens is 459 g/mol. The van der Waals surface area contributed by atoms with Crippen LogP contribution >= 0.6 is 35.3 Å². The number of nitrogens with zero attached hydrogens (tertiary/aromatic N) is 5. The molecule has 0 bridgehead atoms. The Morgan fingerprint density at radius 3 is 2.77 bits per heavy atom. The second-order valence-corrected chi connectivity index (χ2v) is 7.55. The molecule has 0 saturated carbocycles. The number of hydrogen-bond acceptors (Lipinski definition) is 4. The number of fused-ring (bicyclic) bond motifs is 1. The van der Waals surface area contributed by atoms with Crippen molar-refractivity contribution in [2.75, 3.05) is 38.1 Å². The van der Waals surface area contributed by atoms with Gasteiger partial charge >= 0.3 is 0 Å². The van der Waals surface area contributed by atoms with E-state index in [-0.39, 0.29) is 24.0 Å². The maximum atomic E-state index is 4.77. The van der Waals surface area contributed by atoms with E-state index >= 15 is 0 Å². The Balaban J connectivity index is 0.00000196. The first-order valence-corrected chi connectivity index (χ1v) is 10.0. The summed E-state index contributed by atoms with van der Waals surface area (Å²) in [4.78, 5) is 14.0. The quantitative estimate of drug-likeness (QED) is 0.412. The molecule has 4 rings (SSSR count). The lowest BCUT2D eigenvalue weighted by atomic mass is 10.2. The van der Waals surface area contributed by atoms with E-state index in [1.54, 1.807) is 0 Å². The molecule has 2 aromatic rings. The van der Waals surface area contributed by atoms with Gasteiger partial charge in [0.1, 0.15) is 5.82 Å². The van der Waals surface area contributed by atoms with Crippen LogP contribution < -0.4 is 10.2 Å². The number of guanidine groups is 1. The molecule has 2 aliphatic rings. The summed E-state index contributed by atoms with van der Waals surface area (Å²) in [5.41, 5.74) is 1.12. The van der Waals surface area contributed by atoms with E-state index in [1.165, 1.54) is 23.7 Å². The summed E-state index contributed by atoms with van der Waals surface area (Å²) in [7, 11) is 1.87. The zero-order valence-corrected chi connectivity index (χ0v) is 18.4. The maximum absolute atomic E-state index is 4.77. The average Bonchev–Trinajstić information content (AvgIpc) is 3.32. The normalized spacial score (nSPS) is 17.7. The van der Waals surface area contributed by atoms with Crippen molar-refractivity contribution in [1.82, 2.24) is 19.8 Å². The monoisotopic (exact) mass is 486 g/mol. The fourth-order valence-electron chi connectivity index (χ4n) is 3.65. The molecule has 1 fully saturated rings. The molecule has 0 radical (unpaired) electrons. The van der Waals surface area contributed by atoms with Crippen LogP contribution in [-0.2, 0) is 19.5 Å². The Morgan fingerprint density at radius 1 is 1.23 bits per heavy atom. The summed E-state index contributed by atoms with van der Waals surface area (Å²) in [6.45, 7) is 5.94. The third-order valence-electron chi connectivity index (χ3n) is 4.99. The molecule has 0 aromatic carbocycles. The minimum absolute atomic E-state index is 0. The van der Waals surface area contributed by atoms with Crippen LogP contribution in [0.3, 0.4) is 0 Å². The molecule has 0 aliphatic carbocycles. The summed E-state index contributed by atoms with van der Waals surface area (Å²) in [6.07, 6.45) is 5.84. The highest BCUT2D eigenvalue weighted by atomic mass is 127. The zero-order chi connectivity index (χ0) is 17.1. The Hall–Kier alpha value is -1.29. The number of imidazole rings is 1. The number of aromatic nitrogens is 2. The molecule has 1 saturated heterocycles. The highest BCUT2D eigenvalue weighted by Gasteiger charge is 2.20. The number of aryl methyl sites for hydroxylation is 2. The van der Waals surface area contributed by atoms with E-state index in [9.17, 15) is 0 Å². The van der Waals surface area contributed by atoms with Crippen molar-refractivity contribution in [2.24, 2.45) is 4.99 Å². The van der Waals surface area contributed by atoms with E-state index < -0.39 is 0 Å². The van der Waals surface area contributed by atoms with Gasteiger partial charge < -0.3 is 19.7 Å². The van der Waals surface area contributed by atoms with Crippen LogP contribution in [0.2, 0.25) is 0 Å². The maximum Gasteiger partial charge on any atom is 0.194 e. The van der Waals surface area contributed by atoms with E-state index in [0.29, 0.717) is 0 Å². The molecule has 2 aliphatic heterocycles. The first-order valence-electron chi connectivity index (χ1n) is 9.12. The molecule has 0 unspecified atom stereocenters. The van der Waals surface area contributed by atoms with Crippen molar-refractivity contribution in [3.63, 3.8) is 0 Å². The Kier molecular flexibility index (Phi) is 6.80. The van der Waals surface area contributed by atoms with Gasteiger partial charge in [0.25, 0.3) is 0 Å². The van der Waals surface area contributed by atoms with E-state index in [0.717, 1.165) is 57.3 Å². The second-order valence-electron chi connectivity index (χ2n) is 6.63. The average molecular weight is 486 g/mol. The SMILES string of the molecule is CN=C(NCc1cn2c(n1)CCCC2)N1CCN(c2cccs2)CC1.I. The number of rotatable bonds is 3. The van der Waals surface area contributed by atoms with Crippen LogP contribution in [0.4, 0.5) is 5.00 Å². The fourth-order valence-corrected chi connectivity index (χ4v) is 4.43. The van der Waals surface area contributed by atoms with Crippen LogP contribution in [0.25, 0.3) is 0 Å². The molecule has 26 heavy (non-hydrogen) atoms. The van der Waals surface area contributed by atoms with Crippen LogP contribution in [0, 0.1) is 0 Å². The smallest absolute Gasteiger partial charge is 0.194 e. The van der Waals surface area contributed by atoms with E-state index in [2.05, 4.69) is 48.4 Å². The van der Waals surface area contributed by atoms with Gasteiger partial charge in [0.15, 0.2) is 5.96 Å². The van der Waals surface area contributed by atoms with E-state index in [1.807, 2.05) is 18.4 Å². The molecule has 6 nitrogen and oxygen atoms in total. The highest BCUT2D eigenvalue weighted by molar-refractivity contribution is 14.0. The molecule has 0 spiro atoms. The Bertz CT molecular complexity index is 695. The first kappa shape index (κ1) is 19.5. The van der Waals surface area contributed by atoms with Crippen molar-refractivity contribution in [3.05, 3.63) is 35.2 Å². The minimum atomic E-state index is 0. The zero-order valence-electron chi connectivity index (χ0n) is 15.2. The lowest BCUT2D eigenvalue weighted by Crippen LogP contribution is -2.52. The summed E-state index contributed by atoms with van der Waals surface area (Å²) in [5.74, 6) is 2.22. The standard InChI is InChI=1S/C18H26N6S.HI/c1-19-18(20-13-15-14-24-7-3-2-5-16(24)21-15)23-10-8-22(9-11-23)17-6-4-12-25-17;/h4,6,12,14H,2-3,5,7-11,13H2,1H3,(H,19,20);1H. The molecule has 1 N–H and O–H groups in total. The largest absolute Gasteiger partial charge is 0.360 e. The number of aliphatic imine (C=N–C) groups is 1. The number of halogens is 1. The van der Waals surface area contributed by atoms with Gasteiger partial charge in [-0.15, -0.1) is 35.3 Å². The molecule has 8 heteroatoms. The Morgan fingerprint density at radius 2 is 2.08 bits per heavy atom. The van der Waals surface area contributed by atoms with Gasteiger partial charge in [-0.05, 0) is 30.4 Å². The van der Waals surface area contributed by atoms with Crippen LogP contribution in [-0.4, -0.2) is 53.6 Å². The van der Waals surface area contributed by atoms with Gasteiger partial charge in [0.05, 0.1) is 17.2 Å². The van der Waals surface area contributed by atoms with Crippen molar-refractivity contribution < 1.29 is 0 Å². The highest BCUT2D eigenvalue weighted by Crippen LogP contribution is 2.22. The van der Waals surface area contributed by atoms with Crippen molar-refractivity contribution in [3.8, 4) is 0 Å². The fraction of sp³-hybridized carbons (Fsp3) is 0.556. The molecule has 0 atom stereocenters. The van der Waals surface area contributed by atoms with Crippen molar-refractivity contribution in [2.45, 2.75) is 32.4 Å². The summed E-state index contributed by atoms with van der Waals surface area (Å²) in [5, 5.41) is 7.01. The van der Waals surface area contributed by atoms with Gasteiger partial charge in [-0.1, -0.05) is 0 Å². The predicted octanol–water partition coefficient (Wildman–Crippen LogP) is 2.80. The number of hydrogen-bond donors (Lipinski definition) is 1. The van der Waals surface area contributed by atoms with Crippen molar-refractivity contribution >= 4 is 46.3 Å². The molecule has 142 valence electrons. The number of piperazine rings is 1. The molecule has 2 aromatic heterocycles. The molecular formula is C18H27IN6S. The number of thiophene rings is 1. The summed E-state index contributed by atoms with van der Waals surface area (Å²) in [6, 6.07) is 4.32. The third kappa shape index (κ3) is 4.33. The molecule has 0 amide bonds.